The lowest BCUT2D eigenvalue weighted by atomic mass is 9.81. The predicted octanol–water partition coefficient (Wildman–Crippen LogP) is 4.07. The first-order valence-electron chi connectivity index (χ1n) is 7.36. The molecule has 0 bridgehead atoms. The third kappa shape index (κ3) is 2.46. The summed E-state index contributed by atoms with van der Waals surface area (Å²) in [6, 6.07) is 9.82. The summed E-state index contributed by atoms with van der Waals surface area (Å²) in [7, 11) is 0. The zero-order valence-corrected chi connectivity index (χ0v) is 12.1. The minimum atomic E-state index is -1.18. The summed E-state index contributed by atoms with van der Waals surface area (Å²) in [4.78, 5) is 0. The molecule has 1 aliphatic carbocycles. The summed E-state index contributed by atoms with van der Waals surface area (Å²) >= 11 is 0. The molecule has 0 heterocycles. The summed E-state index contributed by atoms with van der Waals surface area (Å²) < 4.78 is 28.1. The number of aryl methyl sites for hydroxylation is 2. The van der Waals surface area contributed by atoms with E-state index in [-0.39, 0.29) is 5.56 Å². The van der Waals surface area contributed by atoms with E-state index in [4.69, 9.17) is 5.73 Å². The van der Waals surface area contributed by atoms with Crippen LogP contribution in [0, 0.1) is 11.6 Å². The van der Waals surface area contributed by atoms with Crippen molar-refractivity contribution in [2.75, 3.05) is 0 Å². The molecule has 21 heavy (non-hydrogen) atoms. The maximum atomic E-state index is 14.1. The Morgan fingerprint density at radius 2 is 1.57 bits per heavy atom. The van der Waals surface area contributed by atoms with E-state index in [0.717, 1.165) is 24.8 Å². The van der Waals surface area contributed by atoms with Gasteiger partial charge in [0.25, 0.3) is 0 Å². The van der Waals surface area contributed by atoms with Crippen LogP contribution >= 0.6 is 0 Å². The predicted molar refractivity (Wildman–Crippen MR) is 80.1 cm³/mol. The molecule has 0 spiro atoms. The summed E-state index contributed by atoms with van der Waals surface area (Å²) in [5.74, 6) is -1.20. The van der Waals surface area contributed by atoms with Crippen LogP contribution in [0.1, 0.15) is 42.0 Å². The Bertz CT molecular complexity index is 657. The molecular weight excluding hydrogens is 268 g/mol. The number of hydrogen-bond donors (Lipinski definition) is 1. The molecule has 3 rings (SSSR count). The second-order valence-corrected chi connectivity index (χ2v) is 5.99. The van der Waals surface area contributed by atoms with Crippen molar-refractivity contribution in [3.8, 4) is 0 Å². The second kappa shape index (κ2) is 5.23. The molecule has 1 unspecified atom stereocenters. The molecule has 1 nitrogen and oxygen atoms in total. The first-order chi connectivity index (χ1) is 10.00. The van der Waals surface area contributed by atoms with E-state index in [1.54, 1.807) is 6.92 Å². The number of halogens is 2. The van der Waals surface area contributed by atoms with Crippen LogP contribution in [-0.2, 0) is 18.4 Å². The molecule has 2 aromatic rings. The number of nitrogens with two attached hydrogens (primary N) is 1. The Balaban J connectivity index is 2.10. The van der Waals surface area contributed by atoms with Crippen LogP contribution in [0.4, 0.5) is 8.78 Å². The van der Waals surface area contributed by atoms with Gasteiger partial charge in [-0.3, -0.25) is 0 Å². The van der Waals surface area contributed by atoms with Crippen LogP contribution in [-0.4, -0.2) is 0 Å². The van der Waals surface area contributed by atoms with Gasteiger partial charge in [-0.05, 0) is 61.4 Å². The van der Waals surface area contributed by atoms with Gasteiger partial charge in [-0.25, -0.2) is 8.78 Å². The highest BCUT2D eigenvalue weighted by Gasteiger charge is 2.31. The zero-order valence-electron chi connectivity index (χ0n) is 12.1. The summed E-state index contributed by atoms with van der Waals surface area (Å²) in [5, 5.41) is 0. The van der Waals surface area contributed by atoms with Crippen LogP contribution in [0.25, 0.3) is 0 Å². The molecule has 0 aliphatic heterocycles. The lowest BCUT2D eigenvalue weighted by molar-refractivity contribution is 0.481. The van der Waals surface area contributed by atoms with Crippen LogP contribution in [0.3, 0.4) is 0 Å². The summed E-state index contributed by atoms with van der Waals surface area (Å²) in [6.45, 7) is 1.67. The van der Waals surface area contributed by atoms with Crippen molar-refractivity contribution < 1.29 is 8.78 Å². The van der Waals surface area contributed by atoms with E-state index < -0.39 is 17.2 Å². The highest BCUT2D eigenvalue weighted by molar-refractivity contribution is 5.43. The van der Waals surface area contributed by atoms with Crippen molar-refractivity contribution >= 4 is 0 Å². The summed E-state index contributed by atoms with van der Waals surface area (Å²) in [5.41, 5.74) is 8.41. The van der Waals surface area contributed by atoms with Crippen molar-refractivity contribution in [3.63, 3.8) is 0 Å². The van der Waals surface area contributed by atoms with Gasteiger partial charge in [0, 0.05) is 5.56 Å². The van der Waals surface area contributed by atoms with E-state index in [0.29, 0.717) is 0 Å². The molecule has 0 saturated carbocycles. The zero-order chi connectivity index (χ0) is 15.0. The first kappa shape index (κ1) is 14.2. The minimum Gasteiger partial charge on any atom is -0.318 e. The fraction of sp³-hybridized carbons (Fsp3) is 0.333. The van der Waals surface area contributed by atoms with Gasteiger partial charge in [-0.15, -0.1) is 0 Å². The SMILES string of the molecule is CC(N)(c1ccc2c(c1)CCCC2)c1c(F)cccc1F. The lowest BCUT2D eigenvalue weighted by Crippen LogP contribution is -2.36. The van der Waals surface area contributed by atoms with E-state index in [1.807, 2.05) is 18.2 Å². The number of fused-ring (bicyclic) bond motifs is 1. The molecule has 2 aromatic carbocycles. The summed E-state index contributed by atoms with van der Waals surface area (Å²) in [6.07, 6.45) is 4.45. The molecule has 3 heteroatoms. The molecule has 0 amide bonds. The van der Waals surface area contributed by atoms with Crippen LogP contribution in [0.5, 0.6) is 0 Å². The molecule has 0 saturated heterocycles. The highest BCUT2D eigenvalue weighted by atomic mass is 19.1. The lowest BCUT2D eigenvalue weighted by Gasteiger charge is -2.28. The van der Waals surface area contributed by atoms with Crippen LogP contribution in [0.15, 0.2) is 36.4 Å². The minimum absolute atomic E-state index is 0.0687. The first-order valence-corrected chi connectivity index (χ1v) is 7.36. The fourth-order valence-electron chi connectivity index (χ4n) is 3.19. The van der Waals surface area contributed by atoms with Gasteiger partial charge < -0.3 is 5.73 Å². The molecule has 0 aromatic heterocycles. The monoisotopic (exact) mass is 287 g/mol. The Labute approximate surface area is 123 Å². The largest absolute Gasteiger partial charge is 0.318 e. The van der Waals surface area contributed by atoms with Crippen molar-refractivity contribution in [2.45, 2.75) is 38.1 Å². The Morgan fingerprint density at radius 1 is 0.952 bits per heavy atom. The average molecular weight is 287 g/mol. The molecule has 0 fully saturated rings. The molecule has 0 radical (unpaired) electrons. The van der Waals surface area contributed by atoms with Gasteiger partial charge in [0.1, 0.15) is 11.6 Å². The van der Waals surface area contributed by atoms with E-state index in [2.05, 4.69) is 0 Å². The third-order valence-corrected chi connectivity index (χ3v) is 4.43. The van der Waals surface area contributed by atoms with Crippen molar-refractivity contribution in [3.05, 3.63) is 70.3 Å². The van der Waals surface area contributed by atoms with Gasteiger partial charge in [-0.2, -0.15) is 0 Å². The molecular formula is C18H19F2N. The Morgan fingerprint density at radius 3 is 2.24 bits per heavy atom. The van der Waals surface area contributed by atoms with E-state index in [1.165, 1.54) is 35.7 Å². The second-order valence-electron chi connectivity index (χ2n) is 5.99. The topological polar surface area (TPSA) is 26.0 Å². The molecule has 2 N–H and O–H groups in total. The number of benzene rings is 2. The van der Waals surface area contributed by atoms with E-state index in [9.17, 15) is 8.78 Å². The van der Waals surface area contributed by atoms with Gasteiger partial charge in [0.15, 0.2) is 0 Å². The average Bonchev–Trinajstić information content (AvgIpc) is 2.46. The standard InChI is InChI=1S/C18H19F2N/c1-18(21,17-15(19)7-4-8-16(17)20)14-10-9-12-5-2-3-6-13(12)11-14/h4,7-11H,2-3,5-6,21H2,1H3. The molecule has 1 atom stereocenters. The normalized spacial score (nSPS) is 17.1. The smallest absolute Gasteiger partial charge is 0.131 e. The highest BCUT2D eigenvalue weighted by Crippen LogP contribution is 2.33. The van der Waals surface area contributed by atoms with Crippen LogP contribution < -0.4 is 5.73 Å². The number of rotatable bonds is 2. The quantitative estimate of drug-likeness (QED) is 0.885. The maximum absolute atomic E-state index is 14.1. The number of hydrogen-bond acceptors (Lipinski definition) is 1. The van der Waals surface area contributed by atoms with Gasteiger partial charge in [0.05, 0.1) is 5.54 Å². The van der Waals surface area contributed by atoms with Crippen molar-refractivity contribution in [2.24, 2.45) is 5.73 Å². The molecule has 110 valence electrons. The van der Waals surface area contributed by atoms with Gasteiger partial charge >= 0.3 is 0 Å². The molecule has 1 aliphatic rings. The van der Waals surface area contributed by atoms with Crippen molar-refractivity contribution in [1.82, 2.24) is 0 Å². The van der Waals surface area contributed by atoms with Gasteiger partial charge in [0.2, 0.25) is 0 Å². The third-order valence-electron chi connectivity index (χ3n) is 4.43. The van der Waals surface area contributed by atoms with Gasteiger partial charge in [-0.1, -0.05) is 24.3 Å². The van der Waals surface area contributed by atoms with E-state index >= 15 is 0 Å². The fourth-order valence-corrected chi connectivity index (χ4v) is 3.19. The Hall–Kier alpha value is -1.74. The maximum Gasteiger partial charge on any atom is 0.131 e. The van der Waals surface area contributed by atoms with Crippen molar-refractivity contribution in [1.29, 1.82) is 0 Å². The van der Waals surface area contributed by atoms with Crippen LogP contribution in [0.2, 0.25) is 0 Å². The Kier molecular flexibility index (Phi) is 3.54.